The van der Waals surface area contributed by atoms with Crippen LogP contribution in [0.4, 0.5) is 0 Å². The first-order chi connectivity index (χ1) is 9.60. The van der Waals surface area contributed by atoms with Crippen LogP contribution < -0.4 is 4.74 Å². The van der Waals surface area contributed by atoms with Crippen LogP contribution in [0, 0.1) is 5.92 Å². The minimum Gasteiger partial charge on any atom is -0.496 e. The van der Waals surface area contributed by atoms with E-state index >= 15 is 0 Å². The quantitative estimate of drug-likeness (QED) is 0.933. The van der Waals surface area contributed by atoms with Gasteiger partial charge in [-0.1, -0.05) is 16.8 Å². The molecule has 0 aliphatic heterocycles. The van der Waals surface area contributed by atoms with Gasteiger partial charge in [0, 0.05) is 5.02 Å². The molecule has 1 heterocycles. The molecule has 2 unspecified atom stereocenters. The maximum atomic E-state index is 10.8. The number of hydrogen-bond donors (Lipinski definition) is 1. The maximum absolute atomic E-state index is 10.8. The van der Waals surface area contributed by atoms with Gasteiger partial charge in [-0.3, -0.25) is 4.79 Å². The van der Waals surface area contributed by atoms with Gasteiger partial charge in [-0.2, -0.15) is 4.98 Å². The van der Waals surface area contributed by atoms with Gasteiger partial charge >= 0.3 is 5.97 Å². The number of methoxy groups -OCH3 is 1. The van der Waals surface area contributed by atoms with Crippen molar-refractivity contribution < 1.29 is 19.2 Å². The van der Waals surface area contributed by atoms with Gasteiger partial charge in [-0.05, 0) is 24.6 Å². The summed E-state index contributed by atoms with van der Waals surface area (Å²) < 4.78 is 10.4. The summed E-state index contributed by atoms with van der Waals surface area (Å²) in [7, 11) is 1.53. The van der Waals surface area contributed by atoms with E-state index in [0.29, 0.717) is 34.5 Å². The monoisotopic (exact) mass is 294 g/mol. The van der Waals surface area contributed by atoms with Crippen molar-refractivity contribution in [1.29, 1.82) is 0 Å². The van der Waals surface area contributed by atoms with Crippen LogP contribution in [-0.4, -0.2) is 28.3 Å². The first-order valence-electron chi connectivity index (χ1n) is 6.00. The normalized spacial score (nSPS) is 20.7. The van der Waals surface area contributed by atoms with E-state index in [0.717, 1.165) is 0 Å². The highest BCUT2D eigenvalue weighted by molar-refractivity contribution is 6.30. The lowest BCUT2D eigenvalue weighted by atomic mass is 10.2. The van der Waals surface area contributed by atoms with E-state index in [9.17, 15) is 4.79 Å². The van der Waals surface area contributed by atoms with Gasteiger partial charge in [0.25, 0.3) is 0 Å². The molecule has 2 atom stereocenters. The molecule has 2 aromatic rings. The average molecular weight is 295 g/mol. The van der Waals surface area contributed by atoms with Crippen LogP contribution in [0.15, 0.2) is 22.7 Å². The van der Waals surface area contributed by atoms with Crippen LogP contribution in [0.1, 0.15) is 18.2 Å². The van der Waals surface area contributed by atoms with E-state index in [2.05, 4.69) is 10.1 Å². The number of aromatic nitrogens is 2. The second kappa shape index (κ2) is 4.79. The highest BCUT2D eigenvalue weighted by Gasteiger charge is 2.48. The Morgan fingerprint density at radius 2 is 2.35 bits per heavy atom. The van der Waals surface area contributed by atoms with E-state index in [-0.39, 0.29) is 5.92 Å². The van der Waals surface area contributed by atoms with Crippen molar-refractivity contribution in [2.75, 3.05) is 7.11 Å². The van der Waals surface area contributed by atoms with E-state index < -0.39 is 11.9 Å². The van der Waals surface area contributed by atoms with Crippen LogP contribution in [0.3, 0.4) is 0 Å². The Kier molecular flexibility index (Phi) is 3.10. The van der Waals surface area contributed by atoms with Crippen molar-refractivity contribution in [3.8, 4) is 17.1 Å². The summed E-state index contributed by atoms with van der Waals surface area (Å²) >= 11 is 5.89. The molecule has 0 spiro atoms. The summed E-state index contributed by atoms with van der Waals surface area (Å²) in [6.45, 7) is 0. The fraction of sp³-hybridized carbons (Fsp3) is 0.308. The number of halogens is 1. The maximum Gasteiger partial charge on any atom is 0.307 e. The molecule has 1 aromatic carbocycles. The number of nitrogens with zero attached hydrogens (tertiary/aromatic N) is 2. The molecule has 1 aliphatic rings. The number of carboxylic acid groups (broad SMARTS) is 1. The molecule has 1 aliphatic carbocycles. The van der Waals surface area contributed by atoms with E-state index in [1.54, 1.807) is 18.2 Å². The van der Waals surface area contributed by atoms with Gasteiger partial charge in [-0.25, -0.2) is 0 Å². The third-order valence-corrected chi connectivity index (χ3v) is 3.51. The van der Waals surface area contributed by atoms with E-state index in [4.69, 9.17) is 26.0 Å². The zero-order chi connectivity index (χ0) is 14.3. The summed E-state index contributed by atoms with van der Waals surface area (Å²) in [6, 6.07) is 5.09. The van der Waals surface area contributed by atoms with Crippen molar-refractivity contribution in [1.82, 2.24) is 10.1 Å². The van der Waals surface area contributed by atoms with Gasteiger partial charge in [0.1, 0.15) is 5.75 Å². The summed E-state index contributed by atoms with van der Waals surface area (Å²) in [5, 5.41) is 13.3. The summed E-state index contributed by atoms with van der Waals surface area (Å²) in [5.74, 6) is -0.189. The lowest BCUT2D eigenvalue weighted by Crippen LogP contribution is -1.99. The van der Waals surface area contributed by atoms with Crippen molar-refractivity contribution in [2.45, 2.75) is 12.3 Å². The molecule has 3 rings (SSSR count). The highest BCUT2D eigenvalue weighted by atomic mass is 35.5. The summed E-state index contributed by atoms with van der Waals surface area (Å²) in [6.07, 6.45) is 0.536. The Bertz CT molecular complexity index is 670. The number of carboxylic acids is 1. The number of benzene rings is 1. The standard InChI is InChI=1S/C13H11ClN2O4/c1-19-10-4-6(14)2-3-7(10)11-15-12(20-16-11)8-5-9(8)13(17)18/h2-4,8-9H,5H2,1H3,(H,17,18). The molecule has 0 radical (unpaired) electrons. The smallest absolute Gasteiger partial charge is 0.307 e. The minimum absolute atomic E-state index is 0.188. The predicted octanol–water partition coefficient (Wildman–Crippen LogP) is 2.59. The summed E-state index contributed by atoms with van der Waals surface area (Å²) in [5.41, 5.74) is 0.652. The number of ether oxygens (including phenoxy) is 1. The number of carbonyl (C=O) groups is 1. The van der Waals surface area contributed by atoms with Gasteiger partial charge in [0.15, 0.2) is 0 Å². The molecule has 0 saturated heterocycles. The van der Waals surface area contributed by atoms with Crippen molar-refractivity contribution >= 4 is 17.6 Å². The van der Waals surface area contributed by atoms with Gasteiger partial charge in [0.2, 0.25) is 11.7 Å². The Hall–Kier alpha value is -2.08. The molecule has 1 N–H and O–H groups in total. The second-order valence-electron chi connectivity index (χ2n) is 4.59. The largest absolute Gasteiger partial charge is 0.496 e. The molecule has 0 bridgehead atoms. The topological polar surface area (TPSA) is 85.5 Å². The predicted molar refractivity (Wildman–Crippen MR) is 69.8 cm³/mol. The molecule has 1 fully saturated rings. The Morgan fingerprint density at radius 1 is 1.55 bits per heavy atom. The first-order valence-corrected chi connectivity index (χ1v) is 6.38. The first kappa shape index (κ1) is 12.9. The van der Waals surface area contributed by atoms with Crippen LogP contribution in [0.25, 0.3) is 11.4 Å². The van der Waals surface area contributed by atoms with Crippen LogP contribution in [0.5, 0.6) is 5.75 Å². The molecule has 1 saturated carbocycles. The molecule has 20 heavy (non-hydrogen) atoms. The lowest BCUT2D eigenvalue weighted by Gasteiger charge is -2.04. The molecule has 6 nitrogen and oxygen atoms in total. The highest BCUT2D eigenvalue weighted by Crippen LogP contribution is 2.47. The van der Waals surface area contributed by atoms with Gasteiger partial charge in [-0.15, -0.1) is 0 Å². The fourth-order valence-electron chi connectivity index (χ4n) is 2.09. The number of aliphatic carboxylic acids is 1. The molecular formula is C13H11ClN2O4. The lowest BCUT2D eigenvalue weighted by molar-refractivity contribution is -0.138. The van der Waals surface area contributed by atoms with Gasteiger partial charge in [0.05, 0.1) is 24.5 Å². The third kappa shape index (κ3) is 2.22. The van der Waals surface area contributed by atoms with Crippen molar-refractivity contribution in [2.24, 2.45) is 5.92 Å². The van der Waals surface area contributed by atoms with Crippen LogP contribution in [0.2, 0.25) is 5.02 Å². The average Bonchev–Trinajstić information content (AvgIpc) is 3.10. The second-order valence-corrected chi connectivity index (χ2v) is 5.02. The molecule has 1 aromatic heterocycles. The van der Waals surface area contributed by atoms with Crippen molar-refractivity contribution in [3.05, 3.63) is 29.1 Å². The molecule has 104 valence electrons. The van der Waals surface area contributed by atoms with Crippen LogP contribution in [-0.2, 0) is 4.79 Å². The molecule has 7 heteroatoms. The Labute approximate surface area is 119 Å². The van der Waals surface area contributed by atoms with Crippen LogP contribution >= 0.6 is 11.6 Å². The number of hydrogen-bond acceptors (Lipinski definition) is 5. The fourth-order valence-corrected chi connectivity index (χ4v) is 2.25. The molecule has 0 amide bonds. The minimum atomic E-state index is -0.834. The van der Waals surface area contributed by atoms with Crippen molar-refractivity contribution in [3.63, 3.8) is 0 Å². The Morgan fingerprint density at radius 3 is 3.00 bits per heavy atom. The zero-order valence-corrected chi connectivity index (χ0v) is 11.3. The zero-order valence-electron chi connectivity index (χ0n) is 10.5. The van der Waals surface area contributed by atoms with Gasteiger partial charge < -0.3 is 14.4 Å². The Balaban J connectivity index is 1.89. The molecular weight excluding hydrogens is 284 g/mol. The SMILES string of the molecule is COc1cc(Cl)ccc1-c1noc(C2CC2C(=O)O)n1. The number of rotatable bonds is 4. The van der Waals surface area contributed by atoms with E-state index in [1.807, 2.05) is 0 Å². The third-order valence-electron chi connectivity index (χ3n) is 3.27. The van der Waals surface area contributed by atoms with E-state index in [1.165, 1.54) is 7.11 Å². The summed E-state index contributed by atoms with van der Waals surface area (Å²) in [4.78, 5) is 15.1.